The fourth-order valence-electron chi connectivity index (χ4n) is 4.69. The molecule has 0 aliphatic carbocycles. The highest BCUT2D eigenvalue weighted by Crippen LogP contribution is 2.34. The highest BCUT2D eigenvalue weighted by molar-refractivity contribution is 5.82. The number of likely N-dealkylation sites (tertiary alicyclic amines) is 1. The predicted octanol–water partition coefficient (Wildman–Crippen LogP) is 3.62. The lowest BCUT2D eigenvalue weighted by molar-refractivity contribution is 0.0693. The van der Waals surface area contributed by atoms with Crippen molar-refractivity contribution in [2.75, 3.05) is 26.2 Å². The number of amides is 2. The highest BCUT2D eigenvalue weighted by Gasteiger charge is 2.28. The van der Waals surface area contributed by atoms with E-state index in [1.165, 1.54) is 0 Å². The van der Waals surface area contributed by atoms with Gasteiger partial charge in [0.2, 0.25) is 0 Å². The van der Waals surface area contributed by atoms with Crippen LogP contribution in [0.15, 0.2) is 30.3 Å². The number of aryl methyl sites for hydroxylation is 2. The number of β-amino-alcohol motifs (C(OH)–C–C–N with tert-alkyl or cyclic N) is 1. The van der Waals surface area contributed by atoms with Crippen LogP contribution >= 0.6 is 0 Å². The number of aromatic amines is 1. The van der Waals surface area contributed by atoms with Crippen LogP contribution in [0.25, 0.3) is 22.2 Å². The Morgan fingerprint density at radius 1 is 1.16 bits per heavy atom. The van der Waals surface area contributed by atoms with Crippen molar-refractivity contribution in [3.8, 4) is 16.9 Å². The molecule has 0 bridgehead atoms. The minimum absolute atomic E-state index is 0.0207. The summed E-state index contributed by atoms with van der Waals surface area (Å²) in [6.45, 7) is 6.62. The number of hydrogen-bond donors (Lipinski definition) is 2. The zero-order valence-corrected chi connectivity index (χ0v) is 18.0. The van der Waals surface area contributed by atoms with E-state index in [0.717, 1.165) is 57.7 Å². The topological polar surface area (TPSA) is 81.7 Å². The second-order valence-corrected chi connectivity index (χ2v) is 8.63. The fraction of sp³-hybridized carbons (Fsp3) is 0.417. The van der Waals surface area contributed by atoms with Crippen molar-refractivity contribution < 1.29 is 14.6 Å². The Morgan fingerprint density at radius 3 is 2.87 bits per heavy atom. The van der Waals surface area contributed by atoms with Crippen molar-refractivity contribution in [3.05, 3.63) is 47.3 Å². The van der Waals surface area contributed by atoms with Gasteiger partial charge in [-0.25, -0.2) is 9.78 Å². The molecule has 2 aliphatic heterocycles. The van der Waals surface area contributed by atoms with Gasteiger partial charge < -0.3 is 24.6 Å². The van der Waals surface area contributed by atoms with Crippen LogP contribution in [0.5, 0.6) is 5.75 Å². The first-order chi connectivity index (χ1) is 15.0. The molecule has 2 N–H and O–H groups in total. The van der Waals surface area contributed by atoms with Gasteiger partial charge >= 0.3 is 6.03 Å². The number of carbonyl (C=O) groups is 1. The van der Waals surface area contributed by atoms with Crippen molar-refractivity contribution in [2.45, 2.75) is 39.3 Å². The molecule has 3 heterocycles. The number of rotatable bonds is 1. The molecule has 7 nitrogen and oxygen atoms in total. The summed E-state index contributed by atoms with van der Waals surface area (Å²) in [7, 11) is 0. The summed E-state index contributed by atoms with van der Waals surface area (Å²) < 4.78 is 6.05. The molecule has 1 saturated heterocycles. The predicted molar refractivity (Wildman–Crippen MR) is 119 cm³/mol. The third-order valence-corrected chi connectivity index (χ3v) is 6.19. The second kappa shape index (κ2) is 7.89. The smallest absolute Gasteiger partial charge is 0.320 e. The Bertz CT molecular complexity index is 1140. The van der Waals surface area contributed by atoms with Gasteiger partial charge in [0.25, 0.3) is 0 Å². The molecule has 0 spiro atoms. The van der Waals surface area contributed by atoms with E-state index >= 15 is 0 Å². The van der Waals surface area contributed by atoms with Gasteiger partial charge in [-0.15, -0.1) is 0 Å². The average Bonchev–Trinajstić information content (AvgIpc) is 2.98. The van der Waals surface area contributed by atoms with Gasteiger partial charge in [0.15, 0.2) is 0 Å². The average molecular weight is 421 g/mol. The zero-order valence-electron chi connectivity index (χ0n) is 18.0. The maximum Gasteiger partial charge on any atom is 0.320 e. The minimum atomic E-state index is -0.428. The van der Waals surface area contributed by atoms with Gasteiger partial charge in [-0.1, -0.05) is 6.07 Å². The normalized spacial score (nSPS) is 19.1. The highest BCUT2D eigenvalue weighted by atomic mass is 16.5. The van der Waals surface area contributed by atoms with Crippen molar-refractivity contribution in [1.82, 2.24) is 19.8 Å². The third-order valence-electron chi connectivity index (χ3n) is 6.19. The van der Waals surface area contributed by atoms with Crippen LogP contribution in [0.1, 0.15) is 29.8 Å². The minimum Gasteiger partial charge on any atom is -0.491 e. The largest absolute Gasteiger partial charge is 0.491 e. The molecule has 31 heavy (non-hydrogen) atoms. The molecule has 0 saturated carbocycles. The van der Waals surface area contributed by atoms with Crippen LogP contribution in [-0.4, -0.2) is 63.3 Å². The van der Waals surface area contributed by atoms with E-state index in [0.29, 0.717) is 32.8 Å². The molecule has 1 aromatic heterocycles. The third kappa shape index (κ3) is 3.85. The number of benzene rings is 2. The number of aliphatic hydroxyl groups is 1. The van der Waals surface area contributed by atoms with Gasteiger partial charge in [-0.2, -0.15) is 0 Å². The fourth-order valence-corrected chi connectivity index (χ4v) is 4.69. The van der Waals surface area contributed by atoms with E-state index in [2.05, 4.69) is 41.2 Å². The number of piperidine rings is 1. The van der Waals surface area contributed by atoms with Gasteiger partial charge in [0.05, 0.1) is 30.2 Å². The first-order valence-electron chi connectivity index (χ1n) is 10.9. The second-order valence-electron chi connectivity index (χ2n) is 8.63. The number of hydrogen-bond acceptors (Lipinski definition) is 4. The van der Waals surface area contributed by atoms with Crippen molar-refractivity contribution >= 4 is 17.1 Å². The van der Waals surface area contributed by atoms with Gasteiger partial charge in [0.1, 0.15) is 18.2 Å². The molecular weight excluding hydrogens is 392 g/mol. The summed E-state index contributed by atoms with van der Waals surface area (Å²) in [6.07, 6.45) is 1.17. The number of aliphatic hydroxyl groups excluding tert-OH is 1. The molecular formula is C24H28N4O3. The Morgan fingerprint density at radius 2 is 2.03 bits per heavy atom. The first kappa shape index (κ1) is 19.9. The molecule has 162 valence electrons. The Balaban J connectivity index is 1.46. The number of carbonyl (C=O) groups excluding carboxylic acids is 1. The van der Waals surface area contributed by atoms with Crippen LogP contribution < -0.4 is 4.74 Å². The summed E-state index contributed by atoms with van der Waals surface area (Å²) in [6, 6.07) is 10.5. The molecule has 1 unspecified atom stereocenters. The van der Waals surface area contributed by atoms with Crippen molar-refractivity contribution in [1.29, 1.82) is 0 Å². The van der Waals surface area contributed by atoms with Gasteiger partial charge in [-0.05, 0) is 67.6 Å². The molecule has 3 aromatic rings. The van der Waals surface area contributed by atoms with Crippen molar-refractivity contribution in [2.24, 2.45) is 0 Å². The summed E-state index contributed by atoms with van der Waals surface area (Å²) in [5.41, 5.74) is 6.24. The SMILES string of the molecule is Cc1nc2ccc(-c3cc(C)c4c(c3)CN(C(=O)N3CCCC(O)C3)CCO4)cc2[nH]1. The Hall–Kier alpha value is -3.06. The van der Waals surface area contributed by atoms with E-state index in [4.69, 9.17) is 4.74 Å². The van der Waals surface area contributed by atoms with Crippen LogP contribution in [0.2, 0.25) is 0 Å². The van der Waals surface area contributed by atoms with Crippen molar-refractivity contribution in [3.63, 3.8) is 0 Å². The van der Waals surface area contributed by atoms with Crippen LogP contribution in [0, 0.1) is 13.8 Å². The lowest BCUT2D eigenvalue weighted by Gasteiger charge is -2.34. The number of aromatic nitrogens is 2. The molecule has 7 heteroatoms. The number of urea groups is 1. The summed E-state index contributed by atoms with van der Waals surface area (Å²) in [5.74, 6) is 1.77. The van der Waals surface area contributed by atoms with Gasteiger partial charge in [-0.3, -0.25) is 0 Å². The molecule has 1 fully saturated rings. The maximum absolute atomic E-state index is 13.1. The maximum atomic E-state index is 13.1. The number of imidazole rings is 1. The lowest BCUT2D eigenvalue weighted by Crippen LogP contribution is -2.49. The number of H-pyrrole nitrogens is 1. The first-order valence-corrected chi connectivity index (χ1v) is 10.9. The number of fused-ring (bicyclic) bond motifs is 2. The molecule has 0 radical (unpaired) electrons. The lowest BCUT2D eigenvalue weighted by atomic mass is 9.98. The van der Waals surface area contributed by atoms with E-state index in [-0.39, 0.29) is 6.03 Å². The molecule has 2 aliphatic rings. The number of nitrogens with one attached hydrogen (secondary N) is 1. The van der Waals surface area contributed by atoms with E-state index in [1.54, 1.807) is 4.90 Å². The molecule has 5 rings (SSSR count). The monoisotopic (exact) mass is 420 g/mol. The summed E-state index contributed by atoms with van der Waals surface area (Å²) in [5, 5.41) is 9.97. The quantitative estimate of drug-likeness (QED) is 0.630. The van der Waals surface area contributed by atoms with E-state index in [9.17, 15) is 9.90 Å². The molecule has 2 amide bonds. The molecule has 2 aromatic carbocycles. The molecule has 1 atom stereocenters. The Kier molecular flexibility index (Phi) is 5.06. The summed E-state index contributed by atoms with van der Waals surface area (Å²) >= 11 is 0. The van der Waals surface area contributed by atoms with Gasteiger partial charge in [0, 0.05) is 18.7 Å². The number of nitrogens with zero attached hydrogens (tertiary/aromatic N) is 3. The van der Waals surface area contributed by atoms with E-state index in [1.807, 2.05) is 17.9 Å². The van der Waals surface area contributed by atoms with Crippen LogP contribution in [0.3, 0.4) is 0 Å². The van der Waals surface area contributed by atoms with Crippen LogP contribution in [-0.2, 0) is 6.54 Å². The summed E-state index contributed by atoms with van der Waals surface area (Å²) in [4.78, 5) is 24.5. The number of ether oxygens (including phenoxy) is 1. The zero-order chi connectivity index (χ0) is 21.5. The van der Waals surface area contributed by atoms with Crippen LogP contribution in [0.4, 0.5) is 4.79 Å². The Labute approximate surface area is 181 Å². The van der Waals surface area contributed by atoms with E-state index < -0.39 is 6.10 Å². The standard InChI is InChI=1S/C24H28N4O3/c1-15-10-18(17-5-6-21-22(12-17)26-16(2)25-21)11-19-13-28(8-9-31-23(15)19)24(30)27-7-3-4-20(29)14-27/h5-6,10-12,20,29H,3-4,7-9,13-14H2,1-2H3,(H,25,26).